The van der Waals surface area contributed by atoms with Crippen molar-refractivity contribution in [1.29, 1.82) is 0 Å². The Morgan fingerprint density at radius 3 is 2.39 bits per heavy atom. The molecule has 2 heterocycles. The van der Waals surface area contributed by atoms with Crippen LogP contribution >= 0.6 is 11.6 Å². The normalized spacial score (nSPS) is 13.1. The molecule has 11 heteroatoms. The molecule has 0 unspecified atom stereocenters. The zero-order chi connectivity index (χ0) is 23.8. The van der Waals surface area contributed by atoms with E-state index >= 15 is 0 Å². The molecule has 170 valence electrons. The molecule has 0 radical (unpaired) electrons. The van der Waals surface area contributed by atoms with Gasteiger partial charge in [0.1, 0.15) is 22.9 Å². The van der Waals surface area contributed by atoms with E-state index in [1.807, 2.05) is 0 Å². The molecule has 0 aliphatic carbocycles. The maximum Gasteiger partial charge on any atom is 0.280 e. The molecule has 0 bridgehead atoms. The van der Waals surface area contributed by atoms with Crippen molar-refractivity contribution in [1.82, 2.24) is 9.88 Å². The number of benzene rings is 2. The van der Waals surface area contributed by atoms with Crippen molar-refractivity contribution >= 4 is 39.1 Å². The summed E-state index contributed by atoms with van der Waals surface area (Å²) in [7, 11) is -1.18. The average molecular weight is 488 g/mol. The van der Waals surface area contributed by atoms with Crippen LogP contribution in [0.5, 0.6) is 11.5 Å². The van der Waals surface area contributed by atoms with Crippen LogP contribution in [0.1, 0.15) is 26.4 Å². The van der Waals surface area contributed by atoms with E-state index < -0.39 is 21.8 Å². The molecule has 2 amide bonds. The van der Waals surface area contributed by atoms with Crippen molar-refractivity contribution in [2.24, 2.45) is 0 Å². The Labute approximate surface area is 195 Å². The number of amides is 2. The second-order valence-electron chi connectivity index (χ2n) is 7.03. The quantitative estimate of drug-likeness (QED) is 0.508. The Hall–Kier alpha value is -3.63. The summed E-state index contributed by atoms with van der Waals surface area (Å²) < 4.78 is 38.6. The van der Waals surface area contributed by atoms with Gasteiger partial charge in [0.05, 0.1) is 36.2 Å². The van der Waals surface area contributed by atoms with Gasteiger partial charge in [0.2, 0.25) is 0 Å². The van der Waals surface area contributed by atoms with Crippen molar-refractivity contribution in [3.63, 3.8) is 0 Å². The lowest BCUT2D eigenvalue weighted by molar-refractivity contribution is 0.0640. The third-order valence-corrected chi connectivity index (χ3v) is 6.69. The predicted molar refractivity (Wildman–Crippen MR) is 120 cm³/mol. The minimum Gasteiger partial charge on any atom is -0.497 e. The number of carbonyl (C=O) groups excluding carboxylic acids is 2. The molecule has 1 aromatic heterocycles. The monoisotopic (exact) mass is 487 g/mol. The maximum absolute atomic E-state index is 12.9. The van der Waals surface area contributed by atoms with E-state index in [0.717, 1.165) is 4.90 Å². The molecule has 0 atom stereocenters. The molecule has 0 fully saturated rings. The van der Waals surface area contributed by atoms with Crippen LogP contribution in [0.25, 0.3) is 0 Å². The summed E-state index contributed by atoms with van der Waals surface area (Å²) >= 11 is 6.21. The van der Waals surface area contributed by atoms with Gasteiger partial charge in [0.25, 0.3) is 21.8 Å². The van der Waals surface area contributed by atoms with E-state index in [9.17, 15) is 18.0 Å². The number of hydrogen-bond acceptors (Lipinski definition) is 7. The zero-order valence-electron chi connectivity index (χ0n) is 17.5. The standard InChI is InChI=1S/C22H18ClN3O6S/c1-31-14-10-17(23)20(18(11-14)32-2)25-33(29,30)15-7-5-13(6-8-15)12-26-21(27)16-4-3-9-24-19(16)22(26)28/h3-11,25H,12H2,1-2H3. The number of carbonyl (C=O) groups is 2. The molecule has 33 heavy (non-hydrogen) atoms. The third-order valence-electron chi connectivity index (χ3n) is 5.02. The van der Waals surface area contributed by atoms with E-state index in [1.54, 1.807) is 12.1 Å². The van der Waals surface area contributed by atoms with Crippen LogP contribution in [0, 0.1) is 0 Å². The van der Waals surface area contributed by atoms with Crippen LogP contribution in [0.15, 0.2) is 59.6 Å². The Balaban J connectivity index is 1.54. The van der Waals surface area contributed by atoms with Crippen LogP contribution in [0.2, 0.25) is 5.02 Å². The highest BCUT2D eigenvalue weighted by Crippen LogP contribution is 2.38. The third kappa shape index (κ3) is 4.22. The van der Waals surface area contributed by atoms with Gasteiger partial charge in [-0.1, -0.05) is 23.7 Å². The molecule has 9 nitrogen and oxygen atoms in total. The van der Waals surface area contributed by atoms with Crippen molar-refractivity contribution in [3.8, 4) is 11.5 Å². The van der Waals surface area contributed by atoms with Crippen molar-refractivity contribution in [3.05, 3.63) is 76.6 Å². The fourth-order valence-electron chi connectivity index (χ4n) is 3.34. The number of ether oxygens (including phenoxy) is 2. The minimum absolute atomic E-state index is 0.0140. The Bertz CT molecular complexity index is 1320. The first-order valence-corrected chi connectivity index (χ1v) is 11.5. The number of imide groups is 1. The highest BCUT2D eigenvalue weighted by molar-refractivity contribution is 7.92. The number of methoxy groups -OCH3 is 2. The molecule has 0 spiro atoms. The largest absolute Gasteiger partial charge is 0.497 e. The van der Waals surface area contributed by atoms with Gasteiger partial charge in [-0.25, -0.2) is 8.42 Å². The Morgan fingerprint density at radius 1 is 1.03 bits per heavy atom. The fourth-order valence-corrected chi connectivity index (χ4v) is 4.74. The summed E-state index contributed by atoms with van der Waals surface area (Å²) in [6.45, 7) is -0.0140. The predicted octanol–water partition coefficient (Wildman–Crippen LogP) is 3.35. The topological polar surface area (TPSA) is 115 Å². The summed E-state index contributed by atoms with van der Waals surface area (Å²) in [6.07, 6.45) is 1.45. The number of hydrogen-bond donors (Lipinski definition) is 1. The van der Waals surface area contributed by atoms with E-state index in [0.29, 0.717) is 11.3 Å². The smallest absolute Gasteiger partial charge is 0.280 e. The van der Waals surface area contributed by atoms with Gasteiger partial charge in [0.15, 0.2) is 0 Å². The summed E-state index contributed by atoms with van der Waals surface area (Å²) in [4.78, 5) is 30.0. The van der Waals surface area contributed by atoms with Gasteiger partial charge in [-0.05, 0) is 29.8 Å². The average Bonchev–Trinajstić information content (AvgIpc) is 3.05. The molecular weight excluding hydrogens is 470 g/mol. The van der Waals surface area contributed by atoms with Gasteiger partial charge < -0.3 is 9.47 Å². The van der Waals surface area contributed by atoms with Crippen molar-refractivity contribution in [2.45, 2.75) is 11.4 Å². The number of nitrogens with zero attached hydrogens (tertiary/aromatic N) is 2. The number of halogens is 1. The summed E-state index contributed by atoms with van der Waals surface area (Å²) in [5.74, 6) is -0.329. The number of fused-ring (bicyclic) bond motifs is 1. The number of nitrogens with one attached hydrogen (secondary N) is 1. The van der Waals surface area contributed by atoms with Gasteiger partial charge in [-0.15, -0.1) is 0 Å². The second kappa shape index (κ2) is 8.72. The number of pyridine rings is 1. The lowest BCUT2D eigenvalue weighted by Gasteiger charge is -2.16. The molecule has 1 aliphatic rings. The number of rotatable bonds is 7. The molecular formula is C22H18ClN3O6S. The molecule has 1 aliphatic heterocycles. The molecule has 0 saturated carbocycles. The number of sulfonamides is 1. The molecule has 3 aromatic rings. The minimum atomic E-state index is -4.01. The molecule has 4 rings (SSSR count). The lowest BCUT2D eigenvalue weighted by atomic mass is 10.2. The van der Waals surface area contributed by atoms with E-state index in [4.69, 9.17) is 21.1 Å². The first-order chi connectivity index (χ1) is 15.7. The van der Waals surface area contributed by atoms with Crippen molar-refractivity contribution in [2.75, 3.05) is 18.9 Å². The van der Waals surface area contributed by atoms with Crippen molar-refractivity contribution < 1.29 is 27.5 Å². The molecule has 1 N–H and O–H groups in total. The maximum atomic E-state index is 12.9. The number of anilines is 1. The lowest BCUT2D eigenvalue weighted by Crippen LogP contribution is -2.29. The summed E-state index contributed by atoms with van der Waals surface area (Å²) in [5.41, 5.74) is 0.999. The number of aromatic nitrogens is 1. The summed E-state index contributed by atoms with van der Waals surface area (Å²) in [5, 5.41) is 0.102. The first-order valence-electron chi connectivity index (χ1n) is 9.59. The van der Waals surface area contributed by atoms with E-state index in [-0.39, 0.29) is 39.2 Å². The van der Waals surface area contributed by atoms with Crippen LogP contribution in [-0.4, -0.2) is 44.3 Å². The van der Waals surface area contributed by atoms with Gasteiger partial charge >= 0.3 is 0 Å². The highest BCUT2D eigenvalue weighted by atomic mass is 35.5. The zero-order valence-corrected chi connectivity index (χ0v) is 19.1. The van der Waals surface area contributed by atoms with E-state index in [2.05, 4.69) is 9.71 Å². The van der Waals surface area contributed by atoms with Gasteiger partial charge in [0, 0.05) is 18.3 Å². The van der Waals surface area contributed by atoms with Crippen LogP contribution < -0.4 is 14.2 Å². The molecule has 0 saturated heterocycles. The first kappa shape index (κ1) is 22.6. The van der Waals surface area contributed by atoms with Gasteiger partial charge in [-0.2, -0.15) is 0 Å². The Morgan fingerprint density at radius 2 is 1.76 bits per heavy atom. The Kier molecular flexibility index (Phi) is 5.96. The highest BCUT2D eigenvalue weighted by Gasteiger charge is 2.36. The SMILES string of the molecule is COc1cc(Cl)c(NS(=O)(=O)c2ccc(CN3C(=O)c4cccnc4C3=O)cc2)c(OC)c1. The van der Waals surface area contributed by atoms with Crippen LogP contribution in [-0.2, 0) is 16.6 Å². The molecule has 2 aromatic carbocycles. The van der Waals surface area contributed by atoms with E-state index in [1.165, 1.54) is 56.8 Å². The van der Waals surface area contributed by atoms with Crippen LogP contribution in [0.4, 0.5) is 5.69 Å². The second-order valence-corrected chi connectivity index (χ2v) is 9.12. The summed E-state index contributed by atoms with van der Waals surface area (Å²) in [6, 6.07) is 11.9. The fraction of sp³-hybridized carbons (Fsp3) is 0.136. The van der Waals surface area contributed by atoms with Gasteiger partial charge in [-0.3, -0.25) is 24.2 Å². The van der Waals surface area contributed by atoms with Crippen LogP contribution in [0.3, 0.4) is 0 Å².